The summed E-state index contributed by atoms with van der Waals surface area (Å²) in [5.74, 6) is -3.63. The van der Waals surface area contributed by atoms with E-state index in [-0.39, 0.29) is 0 Å². The van der Waals surface area contributed by atoms with Crippen LogP contribution in [0.1, 0.15) is 17.3 Å². The second-order valence-electron chi connectivity index (χ2n) is 3.34. The third-order valence-corrected chi connectivity index (χ3v) is 2.32. The lowest BCUT2D eigenvalue weighted by atomic mass is 10.1. The van der Waals surface area contributed by atoms with Gasteiger partial charge >= 0.3 is 0 Å². The molecule has 0 bridgehead atoms. The summed E-state index contributed by atoms with van der Waals surface area (Å²) in [4.78, 5) is 22.2. The lowest BCUT2D eigenvalue weighted by molar-refractivity contribution is -0.119. The zero-order valence-electron chi connectivity index (χ0n) is 8.76. The molecule has 0 aliphatic carbocycles. The van der Waals surface area contributed by atoms with Crippen molar-refractivity contribution in [3.8, 4) is 0 Å². The zero-order valence-corrected chi connectivity index (χ0v) is 9.52. The van der Waals surface area contributed by atoms with E-state index < -0.39 is 40.1 Å². The molecule has 0 radical (unpaired) electrons. The molecule has 3 N–H and O–H groups in total. The first kappa shape index (κ1) is 13.4. The second kappa shape index (κ2) is 5.09. The normalized spacial score (nSPS) is 12.0. The largest absolute Gasteiger partial charge is 0.368 e. The molecule has 92 valence electrons. The summed E-state index contributed by atoms with van der Waals surface area (Å²) in [7, 11) is 0. The molecule has 0 spiro atoms. The van der Waals surface area contributed by atoms with Crippen LogP contribution in [0, 0.1) is 11.6 Å². The maximum absolute atomic E-state index is 13.3. The topological polar surface area (TPSA) is 72.2 Å². The Kier molecular flexibility index (Phi) is 4.01. The van der Waals surface area contributed by atoms with Gasteiger partial charge in [0.15, 0.2) is 0 Å². The molecule has 0 fully saturated rings. The number of nitrogens with two attached hydrogens (primary N) is 1. The van der Waals surface area contributed by atoms with Crippen molar-refractivity contribution in [2.24, 2.45) is 5.73 Å². The van der Waals surface area contributed by atoms with Gasteiger partial charge in [-0.05, 0) is 19.1 Å². The van der Waals surface area contributed by atoms with E-state index in [1.807, 2.05) is 0 Å². The standard InChI is InChI=1S/C10H9ClF2N2O2/c1-4(9(14)16)15-10(17)5-2-8(13)6(11)3-7(5)12/h2-4H,1H3,(H2,14,16)(H,15,17)/t4-/m0/s1. The average molecular weight is 263 g/mol. The van der Waals surface area contributed by atoms with Crippen LogP contribution in [-0.2, 0) is 4.79 Å². The van der Waals surface area contributed by atoms with Gasteiger partial charge in [-0.1, -0.05) is 11.6 Å². The maximum atomic E-state index is 13.3. The molecule has 0 saturated carbocycles. The number of primary amides is 1. The Hall–Kier alpha value is -1.69. The van der Waals surface area contributed by atoms with E-state index in [1.165, 1.54) is 6.92 Å². The molecule has 1 aromatic carbocycles. The molecule has 0 aliphatic rings. The maximum Gasteiger partial charge on any atom is 0.255 e. The van der Waals surface area contributed by atoms with Crippen LogP contribution < -0.4 is 11.1 Å². The van der Waals surface area contributed by atoms with Crippen molar-refractivity contribution in [3.63, 3.8) is 0 Å². The quantitative estimate of drug-likeness (QED) is 0.804. The molecule has 0 unspecified atom stereocenters. The fourth-order valence-corrected chi connectivity index (χ4v) is 1.19. The molecule has 17 heavy (non-hydrogen) atoms. The van der Waals surface area contributed by atoms with Crippen LogP contribution in [-0.4, -0.2) is 17.9 Å². The van der Waals surface area contributed by atoms with Crippen LogP contribution in [0.15, 0.2) is 12.1 Å². The summed E-state index contributed by atoms with van der Waals surface area (Å²) in [6, 6.07) is 0.349. The number of hydrogen-bond acceptors (Lipinski definition) is 2. The van der Waals surface area contributed by atoms with Crippen LogP contribution in [0.2, 0.25) is 5.02 Å². The fourth-order valence-electron chi connectivity index (χ4n) is 1.04. The van der Waals surface area contributed by atoms with Gasteiger partial charge in [-0.3, -0.25) is 9.59 Å². The van der Waals surface area contributed by atoms with E-state index in [2.05, 4.69) is 5.32 Å². The number of carbonyl (C=O) groups is 2. The molecule has 0 aliphatic heterocycles. The number of nitrogens with one attached hydrogen (secondary N) is 1. The van der Waals surface area contributed by atoms with E-state index in [4.69, 9.17) is 17.3 Å². The summed E-state index contributed by atoms with van der Waals surface area (Å²) in [5.41, 5.74) is 4.37. The van der Waals surface area contributed by atoms with Crippen molar-refractivity contribution >= 4 is 23.4 Å². The number of carbonyl (C=O) groups excluding carboxylic acids is 2. The SMILES string of the molecule is C[C@H](NC(=O)c1cc(F)c(Cl)cc1F)C(N)=O. The first-order valence-electron chi connectivity index (χ1n) is 4.57. The molecule has 1 aromatic rings. The monoisotopic (exact) mass is 262 g/mol. The van der Waals surface area contributed by atoms with Crippen LogP contribution in [0.5, 0.6) is 0 Å². The predicted octanol–water partition coefficient (Wildman–Crippen LogP) is 1.22. The summed E-state index contributed by atoms with van der Waals surface area (Å²) in [5, 5.41) is 1.69. The van der Waals surface area contributed by atoms with Crippen molar-refractivity contribution in [1.82, 2.24) is 5.32 Å². The lowest BCUT2D eigenvalue weighted by Gasteiger charge is -2.10. The van der Waals surface area contributed by atoms with Crippen molar-refractivity contribution in [2.75, 3.05) is 0 Å². The minimum atomic E-state index is -0.986. The van der Waals surface area contributed by atoms with Gasteiger partial charge in [-0.25, -0.2) is 8.78 Å². The molecule has 0 aromatic heterocycles. The second-order valence-corrected chi connectivity index (χ2v) is 3.75. The Balaban J connectivity index is 2.97. The van der Waals surface area contributed by atoms with Crippen molar-refractivity contribution in [3.05, 3.63) is 34.4 Å². The van der Waals surface area contributed by atoms with Gasteiger partial charge in [-0.15, -0.1) is 0 Å². The molecule has 1 rings (SSSR count). The highest BCUT2D eigenvalue weighted by Gasteiger charge is 2.18. The van der Waals surface area contributed by atoms with Crippen molar-refractivity contribution in [1.29, 1.82) is 0 Å². The molecule has 4 nitrogen and oxygen atoms in total. The van der Waals surface area contributed by atoms with Crippen molar-refractivity contribution in [2.45, 2.75) is 13.0 Å². The Morgan fingerprint density at radius 2 is 1.94 bits per heavy atom. The van der Waals surface area contributed by atoms with Crippen LogP contribution in [0.4, 0.5) is 8.78 Å². The lowest BCUT2D eigenvalue weighted by Crippen LogP contribution is -2.42. The summed E-state index contributed by atoms with van der Waals surface area (Å²) in [6.45, 7) is 1.32. The summed E-state index contributed by atoms with van der Waals surface area (Å²) < 4.78 is 26.3. The molecule has 1 atom stereocenters. The highest BCUT2D eigenvalue weighted by Crippen LogP contribution is 2.19. The summed E-state index contributed by atoms with van der Waals surface area (Å²) in [6.07, 6.45) is 0. The molecule has 2 amide bonds. The third kappa shape index (κ3) is 3.13. The van der Waals surface area contributed by atoms with Gasteiger partial charge in [0.05, 0.1) is 10.6 Å². The summed E-state index contributed by atoms with van der Waals surface area (Å²) >= 11 is 5.33. The first-order valence-corrected chi connectivity index (χ1v) is 4.95. The molecule has 7 heteroatoms. The Labute approximate surface area is 101 Å². The van der Waals surface area contributed by atoms with Gasteiger partial charge in [-0.2, -0.15) is 0 Å². The van der Waals surface area contributed by atoms with Crippen LogP contribution >= 0.6 is 11.6 Å². The third-order valence-electron chi connectivity index (χ3n) is 2.03. The molecule has 0 saturated heterocycles. The Morgan fingerprint density at radius 1 is 1.35 bits per heavy atom. The van der Waals surface area contributed by atoms with Crippen LogP contribution in [0.3, 0.4) is 0 Å². The minimum Gasteiger partial charge on any atom is -0.368 e. The molecular weight excluding hydrogens is 254 g/mol. The van der Waals surface area contributed by atoms with Gasteiger partial charge in [0, 0.05) is 0 Å². The van der Waals surface area contributed by atoms with Gasteiger partial charge < -0.3 is 11.1 Å². The Bertz CT molecular complexity index is 480. The van der Waals surface area contributed by atoms with E-state index >= 15 is 0 Å². The minimum absolute atomic E-state index is 0.429. The van der Waals surface area contributed by atoms with E-state index in [0.717, 1.165) is 0 Å². The number of halogens is 3. The smallest absolute Gasteiger partial charge is 0.255 e. The number of benzene rings is 1. The highest BCUT2D eigenvalue weighted by atomic mass is 35.5. The fraction of sp³-hybridized carbons (Fsp3) is 0.200. The zero-order chi connectivity index (χ0) is 13.2. The van der Waals surface area contributed by atoms with E-state index in [1.54, 1.807) is 0 Å². The van der Waals surface area contributed by atoms with Crippen molar-refractivity contribution < 1.29 is 18.4 Å². The number of rotatable bonds is 3. The first-order chi connectivity index (χ1) is 7.82. The Morgan fingerprint density at radius 3 is 2.47 bits per heavy atom. The molecule has 0 heterocycles. The van der Waals surface area contributed by atoms with Gasteiger partial charge in [0.1, 0.15) is 17.7 Å². The predicted molar refractivity (Wildman–Crippen MR) is 57.5 cm³/mol. The van der Waals surface area contributed by atoms with Crippen LogP contribution in [0.25, 0.3) is 0 Å². The van der Waals surface area contributed by atoms with Gasteiger partial charge in [0.2, 0.25) is 5.91 Å². The number of amides is 2. The average Bonchev–Trinajstić information content (AvgIpc) is 2.22. The van der Waals surface area contributed by atoms with E-state index in [0.29, 0.717) is 12.1 Å². The van der Waals surface area contributed by atoms with E-state index in [9.17, 15) is 18.4 Å². The van der Waals surface area contributed by atoms with Gasteiger partial charge in [0.25, 0.3) is 5.91 Å². The molecular formula is C10H9ClF2N2O2. The highest BCUT2D eigenvalue weighted by molar-refractivity contribution is 6.30. The number of hydrogen-bond donors (Lipinski definition) is 2.